The van der Waals surface area contributed by atoms with E-state index in [1.165, 1.54) is 0 Å². The summed E-state index contributed by atoms with van der Waals surface area (Å²) in [6.45, 7) is 0. The van der Waals surface area contributed by atoms with Gasteiger partial charge in [0, 0.05) is 5.56 Å². The lowest BCUT2D eigenvalue weighted by molar-refractivity contribution is 0.0555. The summed E-state index contributed by atoms with van der Waals surface area (Å²) in [5, 5.41) is 1.41. The van der Waals surface area contributed by atoms with E-state index >= 15 is 0 Å². The molecule has 3 aromatic carbocycles. The van der Waals surface area contributed by atoms with Crippen LogP contribution >= 0.6 is 0 Å². The van der Waals surface area contributed by atoms with E-state index in [1.54, 1.807) is 24.3 Å². The molecule has 144 valence electrons. The van der Waals surface area contributed by atoms with Gasteiger partial charge < -0.3 is 9.47 Å². The van der Waals surface area contributed by atoms with Gasteiger partial charge in [-0.1, -0.05) is 42.5 Å². The molecule has 0 aromatic heterocycles. The van der Waals surface area contributed by atoms with Crippen molar-refractivity contribution in [3.05, 3.63) is 65.7 Å². The molecular weight excluding hydrogens is 384 g/mol. The van der Waals surface area contributed by atoms with Crippen LogP contribution in [0, 0.1) is 0 Å². The molecule has 7 nitrogen and oxygen atoms in total. The molecule has 0 unspecified atom stereocenters. The van der Waals surface area contributed by atoms with Gasteiger partial charge in [0.2, 0.25) is 0 Å². The molecule has 3 aromatic rings. The third-order valence-electron chi connectivity index (χ3n) is 4.30. The van der Waals surface area contributed by atoms with E-state index in [0.717, 1.165) is 31.7 Å². The van der Waals surface area contributed by atoms with E-state index < -0.39 is 27.0 Å². The van der Waals surface area contributed by atoms with Crippen LogP contribution in [-0.2, 0) is 19.6 Å². The Bertz CT molecular complexity index is 1190. The van der Waals surface area contributed by atoms with Gasteiger partial charge in [0.25, 0.3) is 10.1 Å². The maximum atomic E-state index is 12.6. The third kappa shape index (κ3) is 3.35. The van der Waals surface area contributed by atoms with Crippen LogP contribution in [0.25, 0.3) is 21.9 Å². The van der Waals surface area contributed by atoms with Crippen molar-refractivity contribution in [2.75, 3.05) is 14.2 Å². The fourth-order valence-corrected chi connectivity index (χ4v) is 3.81. The summed E-state index contributed by atoms with van der Waals surface area (Å²) in [6.07, 6.45) is 0. The number of ether oxygens (including phenoxy) is 2. The second-order valence-electron chi connectivity index (χ2n) is 5.85. The van der Waals surface area contributed by atoms with Gasteiger partial charge in [0.15, 0.2) is 0 Å². The van der Waals surface area contributed by atoms with Gasteiger partial charge >= 0.3 is 11.9 Å². The summed E-state index contributed by atoms with van der Waals surface area (Å²) in [4.78, 5) is 24.3. The second kappa shape index (κ2) is 7.41. The Morgan fingerprint density at radius 1 is 0.857 bits per heavy atom. The molecule has 0 saturated heterocycles. The first kappa shape index (κ1) is 19.5. The Kier molecular flexibility index (Phi) is 5.17. The second-order valence-corrected chi connectivity index (χ2v) is 7.24. The average molecular weight is 400 g/mol. The monoisotopic (exact) mass is 400 g/mol. The van der Waals surface area contributed by atoms with Crippen molar-refractivity contribution in [2.24, 2.45) is 0 Å². The van der Waals surface area contributed by atoms with Crippen molar-refractivity contribution in [3.8, 4) is 11.1 Å². The minimum atomic E-state index is -4.72. The van der Waals surface area contributed by atoms with Gasteiger partial charge in [-0.3, -0.25) is 4.55 Å². The lowest BCUT2D eigenvalue weighted by atomic mass is 9.91. The number of carbonyl (C=O) groups excluding carboxylic acids is 2. The largest absolute Gasteiger partial charge is 0.465 e. The van der Waals surface area contributed by atoms with E-state index in [9.17, 15) is 22.6 Å². The highest BCUT2D eigenvalue weighted by molar-refractivity contribution is 7.86. The highest BCUT2D eigenvalue weighted by Gasteiger charge is 2.30. The van der Waals surface area contributed by atoms with Crippen LogP contribution in [0.4, 0.5) is 0 Å². The van der Waals surface area contributed by atoms with E-state index in [4.69, 9.17) is 9.47 Å². The molecule has 0 radical (unpaired) electrons. The molecular formula is C20H16O7S. The summed E-state index contributed by atoms with van der Waals surface area (Å²) < 4.78 is 43.4. The van der Waals surface area contributed by atoms with Crippen molar-refractivity contribution in [1.29, 1.82) is 0 Å². The fraction of sp³-hybridized carbons (Fsp3) is 0.100. The number of carbonyl (C=O) groups is 2. The zero-order valence-electron chi connectivity index (χ0n) is 15.0. The minimum Gasteiger partial charge on any atom is -0.465 e. The van der Waals surface area contributed by atoms with E-state index in [2.05, 4.69) is 0 Å². The zero-order chi connectivity index (χ0) is 20.5. The number of hydrogen-bond acceptors (Lipinski definition) is 6. The topological polar surface area (TPSA) is 107 Å². The molecule has 0 heterocycles. The van der Waals surface area contributed by atoms with Crippen LogP contribution in [0.5, 0.6) is 0 Å². The number of rotatable bonds is 4. The Morgan fingerprint density at radius 2 is 1.50 bits per heavy atom. The Balaban J connectivity index is 2.56. The lowest BCUT2D eigenvalue weighted by Crippen LogP contribution is -2.16. The Morgan fingerprint density at radius 3 is 2.14 bits per heavy atom. The summed E-state index contributed by atoms with van der Waals surface area (Å²) in [6, 6.07) is 14.4. The SMILES string of the molecule is COC(=O)c1ccc(S(=O)(=O)O)c(-c2cccc3ccccc23)c1C(=O)OC. The maximum Gasteiger partial charge on any atom is 0.339 e. The molecule has 0 saturated carbocycles. The first-order valence-corrected chi connectivity index (χ1v) is 9.53. The Hall–Kier alpha value is -3.23. The van der Waals surface area contributed by atoms with Crippen LogP contribution in [0.2, 0.25) is 0 Å². The van der Waals surface area contributed by atoms with Gasteiger partial charge in [-0.25, -0.2) is 9.59 Å². The highest BCUT2D eigenvalue weighted by Crippen LogP contribution is 2.38. The van der Waals surface area contributed by atoms with Gasteiger partial charge in [-0.2, -0.15) is 8.42 Å². The van der Waals surface area contributed by atoms with Crippen LogP contribution in [0.15, 0.2) is 59.5 Å². The Labute approximate surface area is 161 Å². The van der Waals surface area contributed by atoms with E-state index in [0.29, 0.717) is 10.9 Å². The molecule has 8 heteroatoms. The van der Waals surface area contributed by atoms with Crippen molar-refractivity contribution in [2.45, 2.75) is 4.90 Å². The van der Waals surface area contributed by atoms with Gasteiger partial charge in [0.05, 0.1) is 25.3 Å². The van der Waals surface area contributed by atoms with E-state index in [-0.39, 0.29) is 16.7 Å². The summed E-state index contributed by atoms with van der Waals surface area (Å²) in [7, 11) is -2.48. The standard InChI is InChI=1S/C20H16O7S/c1-26-19(21)15-10-11-16(28(23,24)25)17(18(15)20(22)27-2)14-9-5-7-12-6-3-4-8-13(12)14/h3-11H,1-2H3,(H,23,24,25). The highest BCUT2D eigenvalue weighted by atomic mass is 32.2. The predicted molar refractivity (Wildman–Crippen MR) is 102 cm³/mol. The molecule has 0 spiro atoms. The van der Waals surface area contributed by atoms with Crippen LogP contribution in [0.1, 0.15) is 20.7 Å². The summed E-state index contributed by atoms with van der Waals surface area (Å²) in [5.74, 6) is -1.78. The maximum absolute atomic E-state index is 12.6. The summed E-state index contributed by atoms with van der Waals surface area (Å²) in [5.41, 5.74) is -0.267. The molecule has 0 bridgehead atoms. The molecule has 0 atom stereocenters. The first-order valence-electron chi connectivity index (χ1n) is 8.09. The average Bonchev–Trinajstić information content (AvgIpc) is 2.70. The lowest BCUT2D eigenvalue weighted by Gasteiger charge is -2.17. The number of methoxy groups -OCH3 is 2. The number of esters is 2. The molecule has 0 fully saturated rings. The predicted octanol–water partition coefficient (Wildman–Crippen LogP) is 3.33. The molecule has 0 aliphatic heterocycles. The number of hydrogen-bond donors (Lipinski definition) is 1. The first-order chi connectivity index (χ1) is 13.3. The minimum absolute atomic E-state index is 0.131. The van der Waals surface area contributed by atoms with Crippen molar-refractivity contribution >= 4 is 32.8 Å². The molecule has 0 amide bonds. The molecule has 3 rings (SSSR count). The molecule has 0 aliphatic rings. The van der Waals surface area contributed by atoms with Crippen molar-refractivity contribution < 1.29 is 32.0 Å². The molecule has 28 heavy (non-hydrogen) atoms. The molecule has 0 aliphatic carbocycles. The number of benzene rings is 3. The third-order valence-corrected chi connectivity index (χ3v) is 5.19. The molecule has 1 N–H and O–H groups in total. The summed E-state index contributed by atoms with van der Waals surface area (Å²) >= 11 is 0. The smallest absolute Gasteiger partial charge is 0.339 e. The van der Waals surface area contributed by atoms with Crippen LogP contribution in [0.3, 0.4) is 0 Å². The fourth-order valence-electron chi connectivity index (χ4n) is 3.10. The zero-order valence-corrected chi connectivity index (χ0v) is 15.8. The van der Waals surface area contributed by atoms with Crippen molar-refractivity contribution in [3.63, 3.8) is 0 Å². The van der Waals surface area contributed by atoms with Gasteiger partial charge in [-0.05, 0) is 28.5 Å². The quantitative estimate of drug-likeness (QED) is 0.529. The van der Waals surface area contributed by atoms with E-state index in [1.807, 2.05) is 18.2 Å². The van der Waals surface area contributed by atoms with Crippen molar-refractivity contribution in [1.82, 2.24) is 0 Å². The van der Waals surface area contributed by atoms with Gasteiger partial charge in [0.1, 0.15) is 4.90 Å². The number of fused-ring (bicyclic) bond motifs is 1. The normalized spacial score (nSPS) is 11.2. The van der Waals surface area contributed by atoms with Crippen LogP contribution < -0.4 is 0 Å². The van der Waals surface area contributed by atoms with Crippen LogP contribution in [-0.4, -0.2) is 39.1 Å². The van der Waals surface area contributed by atoms with Gasteiger partial charge in [-0.15, -0.1) is 0 Å².